The Kier molecular flexibility index (Phi) is 4.88. The summed E-state index contributed by atoms with van der Waals surface area (Å²) in [5, 5.41) is 2.97. The van der Waals surface area contributed by atoms with E-state index in [-0.39, 0.29) is 30.7 Å². The van der Waals surface area contributed by atoms with Gasteiger partial charge < -0.3 is 19.9 Å². The fourth-order valence-corrected chi connectivity index (χ4v) is 2.88. The second kappa shape index (κ2) is 7.06. The third-order valence-corrected chi connectivity index (χ3v) is 4.18. The van der Waals surface area contributed by atoms with Gasteiger partial charge in [-0.05, 0) is 6.07 Å². The monoisotopic (exact) mass is 321 g/mol. The number of benzene rings is 1. The van der Waals surface area contributed by atoms with Crippen molar-refractivity contribution in [2.24, 2.45) is 0 Å². The lowest BCUT2D eigenvalue weighted by atomic mass is 10.1. The Balaban J connectivity index is 1.63. The van der Waals surface area contributed by atoms with Crippen LogP contribution in [-0.2, 0) is 14.3 Å². The van der Waals surface area contributed by atoms with Gasteiger partial charge >= 0.3 is 0 Å². The van der Waals surface area contributed by atoms with Gasteiger partial charge in [-0.1, -0.05) is 18.2 Å². The Morgan fingerprint density at radius 3 is 2.96 bits per heavy atom. The molecule has 124 valence electrons. The molecular weight excluding hydrogens is 301 g/mol. The number of rotatable bonds is 3. The highest BCUT2D eigenvalue weighted by molar-refractivity contribution is 5.86. The van der Waals surface area contributed by atoms with E-state index in [0.717, 1.165) is 0 Å². The molecule has 1 N–H and O–H groups in total. The molecule has 1 aromatic carbocycles. The number of hydrogen-bond donors (Lipinski definition) is 1. The average molecular weight is 321 g/mol. The average Bonchev–Trinajstić information content (AvgIpc) is 2.57. The molecule has 6 nitrogen and oxygen atoms in total. The van der Waals surface area contributed by atoms with Crippen LogP contribution < -0.4 is 5.32 Å². The van der Waals surface area contributed by atoms with E-state index in [1.54, 1.807) is 28.0 Å². The lowest BCUT2D eigenvalue weighted by Crippen LogP contribution is -2.53. The summed E-state index contributed by atoms with van der Waals surface area (Å²) >= 11 is 0. The van der Waals surface area contributed by atoms with Crippen LogP contribution in [-0.4, -0.2) is 67.5 Å². The fourth-order valence-electron chi connectivity index (χ4n) is 2.88. The summed E-state index contributed by atoms with van der Waals surface area (Å²) in [6.07, 6.45) is -0.465. The first-order valence-electron chi connectivity index (χ1n) is 7.77. The molecule has 3 rings (SSSR count). The van der Waals surface area contributed by atoms with E-state index >= 15 is 0 Å². The Labute approximate surface area is 134 Å². The van der Waals surface area contributed by atoms with Crippen molar-refractivity contribution in [1.82, 2.24) is 15.1 Å². The molecule has 2 fully saturated rings. The molecule has 0 aromatic heterocycles. The van der Waals surface area contributed by atoms with E-state index < -0.39 is 6.10 Å². The summed E-state index contributed by atoms with van der Waals surface area (Å²) in [5.41, 5.74) is 0.461. The molecule has 1 atom stereocenters. The van der Waals surface area contributed by atoms with Crippen LogP contribution in [0, 0.1) is 5.82 Å². The zero-order valence-electron chi connectivity index (χ0n) is 12.8. The lowest BCUT2D eigenvalue weighted by molar-refractivity contribution is -0.145. The predicted molar refractivity (Wildman–Crippen MR) is 81.1 cm³/mol. The number of carbonyl (C=O) groups excluding carboxylic acids is 2. The van der Waals surface area contributed by atoms with Gasteiger partial charge in [0.25, 0.3) is 0 Å². The van der Waals surface area contributed by atoms with Gasteiger partial charge in [-0.15, -0.1) is 0 Å². The molecule has 0 aliphatic carbocycles. The normalized spacial score (nSPS) is 22.3. The van der Waals surface area contributed by atoms with Gasteiger partial charge in [0.2, 0.25) is 11.8 Å². The van der Waals surface area contributed by atoms with Crippen molar-refractivity contribution in [3.8, 4) is 0 Å². The minimum atomic E-state index is -0.465. The second-order valence-corrected chi connectivity index (χ2v) is 5.71. The maximum absolute atomic E-state index is 13.9. The van der Waals surface area contributed by atoms with Crippen LogP contribution in [0.15, 0.2) is 24.3 Å². The van der Waals surface area contributed by atoms with Gasteiger partial charge in [-0.25, -0.2) is 4.39 Å². The summed E-state index contributed by atoms with van der Waals surface area (Å²) in [6.45, 7) is 2.70. The van der Waals surface area contributed by atoms with Crippen LogP contribution in [0.3, 0.4) is 0 Å². The number of amides is 2. The third-order valence-electron chi connectivity index (χ3n) is 4.18. The van der Waals surface area contributed by atoms with Crippen LogP contribution in [0.4, 0.5) is 4.39 Å². The van der Waals surface area contributed by atoms with Crippen molar-refractivity contribution >= 4 is 11.8 Å². The zero-order chi connectivity index (χ0) is 16.2. The molecular formula is C16H20FN3O3. The highest BCUT2D eigenvalue weighted by atomic mass is 19.1. The van der Waals surface area contributed by atoms with Crippen LogP contribution in [0.1, 0.15) is 11.7 Å². The summed E-state index contributed by atoms with van der Waals surface area (Å²) in [6, 6.07) is 6.44. The Morgan fingerprint density at radius 1 is 1.35 bits per heavy atom. The molecule has 2 heterocycles. The first-order chi connectivity index (χ1) is 11.1. The van der Waals surface area contributed by atoms with Gasteiger partial charge in [0.05, 0.1) is 26.2 Å². The molecule has 0 saturated carbocycles. The molecule has 7 heteroatoms. The minimum Gasteiger partial charge on any atom is -0.370 e. The summed E-state index contributed by atoms with van der Waals surface area (Å²) < 4.78 is 19.5. The summed E-state index contributed by atoms with van der Waals surface area (Å²) in [7, 11) is 0. The largest absolute Gasteiger partial charge is 0.370 e. The Morgan fingerprint density at radius 2 is 2.17 bits per heavy atom. The molecule has 2 aliphatic heterocycles. The number of piperazine rings is 1. The third kappa shape index (κ3) is 3.68. The van der Waals surface area contributed by atoms with E-state index in [1.807, 2.05) is 0 Å². The zero-order valence-corrected chi connectivity index (χ0v) is 12.8. The van der Waals surface area contributed by atoms with Gasteiger partial charge in [0.15, 0.2) is 0 Å². The van der Waals surface area contributed by atoms with E-state index in [0.29, 0.717) is 38.3 Å². The topological polar surface area (TPSA) is 61.9 Å². The smallest absolute Gasteiger partial charge is 0.242 e. The highest BCUT2D eigenvalue weighted by Crippen LogP contribution is 2.24. The van der Waals surface area contributed by atoms with E-state index in [4.69, 9.17) is 4.74 Å². The van der Waals surface area contributed by atoms with Crippen molar-refractivity contribution < 1.29 is 18.7 Å². The van der Waals surface area contributed by atoms with Crippen molar-refractivity contribution in [2.45, 2.75) is 6.10 Å². The lowest BCUT2D eigenvalue weighted by Gasteiger charge is -2.35. The van der Waals surface area contributed by atoms with Crippen LogP contribution in [0.5, 0.6) is 0 Å². The summed E-state index contributed by atoms with van der Waals surface area (Å²) in [4.78, 5) is 27.4. The van der Waals surface area contributed by atoms with Crippen LogP contribution >= 0.6 is 0 Å². The summed E-state index contributed by atoms with van der Waals surface area (Å²) in [5.74, 6) is -0.516. The maximum atomic E-state index is 13.9. The number of nitrogens with zero attached hydrogens (tertiary/aromatic N) is 2. The molecule has 1 aromatic rings. The SMILES string of the molecule is O=C1CNCCN1CC(=O)N1CCO[C@H](c2ccccc2F)C1. The predicted octanol–water partition coefficient (Wildman–Crippen LogP) is 0.157. The first-order valence-corrected chi connectivity index (χ1v) is 7.77. The molecule has 0 unspecified atom stereocenters. The molecule has 2 saturated heterocycles. The number of halogens is 1. The van der Waals surface area contributed by atoms with E-state index in [2.05, 4.69) is 5.32 Å². The second-order valence-electron chi connectivity index (χ2n) is 5.71. The first kappa shape index (κ1) is 15.9. The molecule has 0 spiro atoms. The van der Waals surface area contributed by atoms with Crippen molar-refractivity contribution in [3.05, 3.63) is 35.6 Å². The van der Waals surface area contributed by atoms with Crippen LogP contribution in [0.25, 0.3) is 0 Å². The minimum absolute atomic E-state index is 0.0662. The van der Waals surface area contributed by atoms with Gasteiger partial charge in [0.1, 0.15) is 11.9 Å². The number of nitrogens with one attached hydrogen (secondary N) is 1. The molecule has 2 aliphatic rings. The van der Waals surface area contributed by atoms with Gasteiger partial charge in [0, 0.05) is 25.2 Å². The van der Waals surface area contributed by atoms with Crippen molar-refractivity contribution in [2.75, 3.05) is 45.9 Å². The molecule has 0 radical (unpaired) electrons. The van der Waals surface area contributed by atoms with Crippen molar-refractivity contribution in [3.63, 3.8) is 0 Å². The maximum Gasteiger partial charge on any atom is 0.242 e. The van der Waals surface area contributed by atoms with E-state index in [9.17, 15) is 14.0 Å². The molecule has 2 amide bonds. The van der Waals surface area contributed by atoms with E-state index in [1.165, 1.54) is 6.07 Å². The molecule has 23 heavy (non-hydrogen) atoms. The van der Waals surface area contributed by atoms with Crippen LogP contribution in [0.2, 0.25) is 0 Å². The number of carbonyl (C=O) groups is 2. The number of morpholine rings is 1. The van der Waals surface area contributed by atoms with Crippen molar-refractivity contribution in [1.29, 1.82) is 0 Å². The Hall–Kier alpha value is -1.99. The number of ether oxygens (including phenoxy) is 1. The van der Waals surface area contributed by atoms with Gasteiger partial charge in [-0.2, -0.15) is 0 Å². The fraction of sp³-hybridized carbons (Fsp3) is 0.500. The highest BCUT2D eigenvalue weighted by Gasteiger charge is 2.29. The Bertz CT molecular complexity index is 596. The van der Waals surface area contributed by atoms with Gasteiger partial charge in [-0.3, -0.25) is 9.59 Å². The number of hydrogen-bond acceptors (Lipinski definition) is 4. The molecule has 0 bridgehead atoms. The standard InChI is InChI=1S/C16H20FN3O3/c17-13-4-2-1-3-12(13)14-10-20(7-8-23-14)16(22)11-19-6-5-18-9-15(19)21/h1-4,14,18H,5-11H2/t14-/m0/s1. The quantitative estimate of drug-likeness (QED) is 0.861.